The second-order valence-corrected chi connectivity index (χ2v) is 10.0. The van der Waals surface area contributed by atoms with E-state index in [2.05, 4.69) is 5.10 Å². The number of benzene rings is 1. The van der Waals surface area contributed by atoms with Gasteiger partial charge in [-0.3, -0.25) is 4.57 Å². The van der Waals surface area contributed by atoms with Crippen molar-refractivity contribution in [1.29, 1.82) is 0 Å². The third kappa shape index (κ3) is 3.43. The summed E-state index contributed by atoms with van der Waals surface area (Å²) in [6.45, 7) is 2.81. The molecule has 0 unspecified atom stereocenters. The van der Waals surface area contributed by atoms with Gasteiger partial charge in [-0.1, -0.05) is 25.0 Å². The molecule has 2 heterocycles. The van der Waals surface area contributed by atoms with Crippen LogP contribution in [0.1, 0.15) is 61.9 Å². The summed E-state index contributed by atoms with van der Waals surface area (Å²) in [6, 6.07) is 7.30. The molecule has 2 aromatic rings. The molecule has 2 aliphatic rings. The number of nitrogens with zero attached hydrogens (tertiary/aromatic N) is 4. The first kappa shape index (κ1) is 19.4. The average Bonchev–Trinajstić information content (AvgIpc) is 3.30. The Morgan fingerprint density at radius 3 is 2.39 bits per heavy atom. The lowest BCUT2D eigenvalue weighted by molar-refractivity contribution is 0.304. The maximum absolute atomic E-state index is 13.0. The number of hydrogen-bond acceptors (Lipinski definition) is 4. The van der Waals surface area contributed by atoms with Crippen LogP contribution < -0.4 is 5.69 Å². The fourth-order valence-electron chi connectivity index (χ4n) is 4.56. The second-order valence-electron chi connectivity index (χ2n) is 8.07. The maximum Gasteiger partial charge on any atom is 0.345 e. The zero-order valence-corrected chi connectivity index (χ0v) is 17.4. The van der Waals surface area contributed by atoms with Crippen LogP contribution in [-0.2, 0) is 17.1 Å². The first-order valence-corrected chi connectivity index (χ1v) is 11.5. The van der Waals surface area contributed by atoms with Crippen LogP contribution in [0.5, 0.6) is 0 Å². The van der Waals surface area contributed by atoms with Crippen molar-refractivity contribution >= 4 is 10.0 Å². The molecule has 0 bridgehead atoms. The highest BCUT2D eigenvalue weighted by atomic mass is 32.2. The van der Waals surface area contributed by atoms with Gasteiger partial charge >= 0.3 is 5.69 Å². The van der Waals surface area contributed by atoms with Crippen molar-refractivity contribution in [1.82, 2.24) is 18.7 Å². The molecule has 1 saturated heterocycles. The van der Waals surface area contributed by atoms with Crippen LogP contribution in [0.3, 0.4) is 0 Å². The van der Waals surface area contributed by atoms with Gasteiger partial charge in [0.2, 0.25) is 10.0 Å². The highest BCUT2D eigenvalue weighted by Gasteiger charge is 2.34. The monoisotopic (exact) mass is 404 g/mol. The van der Waals surface area contributed by atoms with Gasteiger partial charge < -0.3 is 0 Å². The lowest BCUT2D eigenvalue weighted by Gasteiger charge is -2.31. The van der Waals surface area contributed by atoms with E-state index in [-0.39, 0.29) is 17.6 Å². The van der Waals surface area contributed by atoms with E-state index >= 15 is 0 Å². The molecule has 1 aromatic heterocycles. The van der Waals surface area contributed by atoms with Gasteiger partial charge in [-0.2, -0.15) is 9.40 Å². The van der Waals surface area contributed by atoms with Crippen LogP contribution in [0.4, 0.5) is 0 Å². The molecule has 4 rings (SSSR count). The third-order valence-corrected chi connectivity index (χ3v) is 8.01. The highest BCUT2D eigenvalue weighted by Crippen LogP contribution is 2.34. The Morgan fingerprint density at radius 1 is 1.07 bits per heavy atom. The van der Waals surface area contributed by atoms with Crippen LogP contribution in [0.2, 0.25) is 0 Å². The molecule has 0 amide bonds. The Hall–Kier alpha value is -1.93. The normalized spacial score (nSPS) is 20.1. The zero-order chi connectivity index (χ0) is 19.9. The molecule has 1 saturated carbocycles. The minimum absolute atomic E-state index is 0.0447. The number of rotatable bonds is 4. The number of aryl methyl sites for hydroxylation is 2. The summed E-state index contributed by atoms with van der Waals surface area (Å²) in [5, 5.41) is 4.53. The van der Waals surface area contributed by atoms with Crippen molar-refractivity contribution in [2.24, 2.45) is 7.05 Å². The molecule has 1 aliphatic carbocycles. The summed E-state index contributed by atoms with van der Waals surface area (Å²) in [5.41, 5.74) is 0.890. The van der Waals surface area contributed by atoms with E-state index < -0.39 is 10.0 Å². The highest BCUT2D eigenvalue weighted by molar-refractivity contribution is 7.89. The fraction of sp³-hybridized carbons (Fsp3) is 0.600. The molecule has 0 spiro atoms. The summed E-state index contributed by atoms with van der Waals surface area (Å²) in [6.07, 6.45) is 5.73. The summed E-state index contributed by atoms with van der Waals surface area (Å²) >= 11 is 0. The van der Waals surface area contributed by atoms with E-state index in [0.29, 0.717) is 30.8 Å². The predicted octanol–water partition coefficient (Wildman–Crippen LogP) is 2.57. The predicted molar refractivity (Wildman–Crippen MR) is 107 cm³/mol. The minimum atomic E-state index is -3.48. The molecule has 28 heavy (non-hydrogen) atoms. The average molecular weight is 405 g/mol. The number of aromatic nitrogens is 3. The van der Waals surface area contributed by atoms with E-state index in [4.69, 9.17) is 0 Å². The van der Waals surface area contributed by atoms with Crippen LogP contribution in [0.15, 0.2) is 34.0 Å². The third-order valence-electron chi connectivity index (χ3n) is 6.12. The topological polar surface area (TPSA) is 77.2 Å². The van der Waals surface area contributed by atoms with Crippen LogP contribution in [-0.4, -0.2) is 40.2 Å². The summed E-state index contributed by atoms with van der Waals surface area (Å²) in [7, 11) is -1.78. The molecule has 0 radical (unpaired) electrons. The van der Waals surface area contributed by atoms with Crippen LogP contribution >= 0.6 is 0 Å². The fourth-order valence-corrected chi connectivity index (χ4v) is 6.14. The van der Waals surface area contributed by atoms with Crippen molar-refractivity contribution in [3.05, 3.63) is 46.1 Å². The molecule has 8 heteroatoms. The van der Waals surface area contributed by atoms with Crippen molar-refractivity contribution in [3.8, 4) is 0 Å². The van der Waals surface area contributed by atoms with E-state index in [9.17, 15) is 13.2 Å². The van der Waals surface area contributed by atoms with Gasteiger partial charge in [-0.25, -0.2) is 17.9 Å². The zero-order valence-electron chi connectivity index (χ0n) is 16.5. The molecular weight excluding hydrogens is 376 g/mol. The first-order valence-electron chi connectivity index (χ1n) is 10.1. The van der Waals surface area contributed by atoms with Crippen LogP contribution in [0, 0.1) is 6.92 Å². The van der Waals surface area contributed by atoms with Gasteiger partial charge in [0.05, 0.1) is 4.90 Å². The van der Waals surface area contributed by atoms with Crippen molar-refractivity contribution in [2.45, 2.75) is 62.3 Å². The van der Waals surface area contributed by atoms with Gasteiger partial charge in [-0.05, 0) is 50.3 Å². The van der Waals surface area contributed by atoms with Gasteiger partial charge in [0.1, 0.15) is 5.82 Å². The standard InChI is InChI=1S/C20H28N4O3S/c1-15-6-5-9-18(14-15)28(26,27)23-12-10-16(11-13-23)19-21-22(2)20(25)24(19)17-7-3-4-8-17/h5-6,9,14,16-17H,3-4,7-8,10-13H2,1-2H3. The quantitative estimate of drug-likeness (QED) is 0.785. The summed E-state index contributed by atoms with van der Waals surface area (Å²) in [4.78, 5) is 13.0. The lowest BCUT2D eigenvalue weighted by atomic mass is 9.97. The van der Waals surface area contributed by atoms with E-state index in [0.717, 1.165) is 37.1 Å². The van der Waals surface area contributed by atoms with E-state index in [1.807, 2.05) is 17.6 Å². The minimum Gasteiger partial charge on any atom is -0.276 e. The van der Waals surface area contributed by atoms with Crippen molar-refractivity contribution < 1.29 is 8.42 Å². The summed E-state index contributed by atoms with van der Waals surface area (Å²) < 4.78 is 30.8. The number of hydrogen-bond donors (Lipinski definition) is 0. The SMILES string of the molecule is Cc1cccc(S(=O)(=O)N2CCC(c3nn(C)c(=O)n3C3CCCC3)CC2)c1. The van der Waals surface area contributed by atoms with E-state index in [1.165, 1.54) is 4.68 Å². The Bertz CT molecular complexity index is 1010. The molecule has 1 aromatic carbocycles. The first-order chi connectivity index (χ1) is 13.4. The smallest absolute Gasteiger partial charge is 0.276 e. The molecule has 1 aliphatic heterocycles. The molecule has 0 N–H and O–H groups in total. The van der Waals surface area contributed by atoms with Gasteiger partial charge in [0, 0.05) is 32.1 Å². The molecule has 152 valence electrons. The van der Waals surface area contributed by atoms with Gasteiger partial charge in [-0.15, -0.1) is 0 Å². The number of sulfonamides is 1. The lowest BCUT2D eigenvalue weighted by Crippen LogP contribution is -2.38. The molecular formula is C20H28N4O3S. The molecule has 2 fully saturated rings. The number of piperidine rings is 1. The molecule has 7 nitrogen and oxygen atoms in total. The largest absolute Gasteiger partial charge is 0.345 e. The van der Waals surface area contributed by atoms with Gasteiger partial charge in [0.15, 0.2) is 0 Å². The Balaban J connectivity index is 1.54. The van der Waals surface area contributed by atoms with Crippen molar-refractivity contribution in [3.63, 3.8) is 0 Å². The summed E-state index contributed by atoms with van der Waals surface area (Å²) in [5.74, 6) is 0.963. The molecule has 0 atom stereocenters. The van der Waals surface area contributed by atoms with Crippen LogP contribution in [0.25, 0.3) is 0 Å². The maximum atomic E-state index is 13.0. The van der Waals surface area contributed by atoms with E-state index in [1.54, 1.807) is 29.6 Å². The van der Waals surface area contributed by atoms with Gasteiger partial charge in [0.25, 0.3) is 0 Å². The van der Waals surface area contributed by atoms with Crippen molar-refractivity contribution in [2.75, 3.05) is 13.1 Å². The Kier molecular flexibility index (Phi) is 5.18. The second kappa shape index (κ2) is 7.48. The Morgan fingerprint density at radius 2 is 1.75 bits per heavy atom. The Labute approximate surface area is 166 Å².